The van der Waals surface area contributed by atoms with Crippen LogP contribution in [0.15, 0.2) is 18.5 Å². The van der Waals surface area contributed by atoms with Crippen molar-refractivity contribution in [3.05, 3.63) is 24.2 Å². The topological polar surface area (TPSA) is 33.1 Å². The molecule has 0 aromatic carbocycles. The van der Waals surface area contributed by atoms with E-state index in [-0.39, 0.29) is 5.41 Å². The lowest BCUT2D eigenvalue weighted by atomic mass is 9.93. The van der Waals surface area contributed by atoms with Gasteiger partial charge in [-0.25, -0.2) is 9.50 Å². The third-order valence-corrected chi connectivity index (χ3v) is 1.95. The standard InChI is InChI=1S/C9H13N3/c1-9(2,3)7-6-12-8(11-7)4-5-10-12/h4-6,10H,1-3H3. The Morgan fingerprint density at radius 2 is 2.17 bits per heavy atom. The van der Waals surface area contributed by atoms with Crippen LogP contribution in [0.3, 0.4) is 0 Å². The van der Waals surface area contributed by atoms with Gasteiger partial charge in [-0.15, -0.1) is 0 Å². The summed E-state index contributed by atoms with van der Waals surface area (Å²) in [4.78, 5) is 4.48. The summed E-state index contributed by atoms with van der Waals surface area (Å²) in [7, 11) is 0. The first-order valence-corrected chi connectivity index (χ1v) is 4.10. The van der Waals surface area contributed by atoms with Crippen LogP contribution in [0.5, 0.6) is 0 Å². The van der Waals surface area contributed by atoms with Gasteiger partial charge in [0.05, 0.1) is 11.9 Å². The Morgan fingerprint density at radius 3 is 2.75 bits per heavy atom. The van der Waals surface area contributed by atoms with Crippen molar-refractivity contribution in [3.8, 4) is 0 Å². The molecule has 64 valence electrons. The zero-order valence-electron chi connectivity index (χ0n) is 7.63. The van der Waals surface area contributed by atoms with Crippen molar-refractivity contribution < 1.29 is 0 Å². The predicted octanol–water partition coefficient (Wildman–Crippen LogP) is 1.96. The first-order valence-electron chi connectivity index (χ1n) is 4.10. The van der Waals surface area contributed by atoms with Gasteiger partial charge in [0.1, 0.15) is 0 Å². The molecular weight excluding hydrogens is 150 g/mol. The van der Waals surface area contributed by atoms with E-state index in [1.165, 1.54) is 0 Å². The Kier molecular flexibility index (Phi) is 1.31. The van der Waals surface area contributed by atoms with Gasteiger partial charge in [-0.2, -0.15) is 0 Å². The first-order chi connectivity index (χ1) is 5.57. The molecule has 0 saturated carbocycles. The SMILES string of the molecule is CC(C)(C)c1cn2[nH]ccc2n1. The molecule has 12 heavy (non-hydrogen) atoms. The van der Waals surface area contributed by atoms with Crippen LogP contribution in [-0.2, 0) is 5.41 Å². The van der Waals surface area contributed by atoms with Gasteiger partial charge < -0.3 is 5.10 Å². The van der Waals surface area contributed by atoms with E-state index < -0.39 is 0 Å². The van der Waals surface area contributed by atoms with E-state index in [9.17, 15) is 0 Å². The molecular formula is C9H13N3. The Labute approximate surface area is 71.4 Å². The van der Waals surface area contributed by atoms with E-state index >= 15 is 0 Å². The number of imidazole rings is 1. The average molecular weight is 163 g/mol. The molecule has 0 spiro atoms. The van der Waals surface area contributed by atoms with Crippen molar-refractivity contribution in [2.45, 2.75) is 26.2 Å². The van der Waals surface area contributed by atoms with E-state index in [4.69, 9.17) is 0 Å². The van der Waals surface area contributed by atoms with Gasteiger partial charge in [0.15, 0.2) is 5.65 Å². The summed E-state index contributed by atoms with van der Waals surface area (Å²) < 4.78 is 1.93. The van der Waals surface area contributed by atoms with Crippen molar-refractivity contribution in [3.63, 3.8) is 0 Å². The summed E-state index contributed by atoms with van der Waals surface area (Å²) in [5.41, 5.74) is 2.24. The van der Waals surface area contributed by atoms with Crippen LogP contribution in [0.2, 0.25) is 0 Å². The molecule has 3 heteroatoms. The average Bonchev–Trinajstić information content (AvgIpc) is 2.37. The maximum Gasteiger partial charge on any atom is 0.153 e. The van der Waals surface area contributed by atoms with Gasteiger partial charge in [-0.05, 0) is 0 Å². The highest BCUT2D eigenvalue weighted by atomic mass is 15.2. The third-order valence-electron chi connectivity index (χ3n) is 1.95. The Hall–Kier alpha value is -1.25. The van der Waals surface area contributed by atoms with Crippen LogP contribution in [0.25, 0.3) is 5.65 Å². The number of hydrogen-bond acceptors (Lipinski definition) is 1. The van der Waals surface area contributed by atoms with Crippen molar-refractivity contribution in [1.82, 2.24) is 14.6 Å². The van der Waals surface area contributed by atoms with Crippen LogP contribution in [0, 0.1) is 0 Å². The van der Waals surface area contributed by atoms with Crippen LogP contribution >= 0.6 is 0 Å². The minimum Gasteiger partial charge on any atom is -0.300 e. The second kappa shape index (κ2) is 2.12. The van der Waals surface area contributed by atoms with Crippen LogP contribution < -0.4 is 0 Å². The molecule has 0 unspecified atom stereocenters. The number of H-pyrrole nitrogens is 1. The normalized spacial score (nSPS) is 12.6. The summed E-state index contributed by atoms with van der Waals surface area (Å²) in [6.45, 7) is 6.48. The fraction of sp³-hybridized carbons (Fsp3) is 0.444. The molecule has 3 nitrogen and oxygen atoms in total. The van der Waals surface area contributed by atoms with E-state index in [1.807, 2.05) is 23.0 Å². The van der Waals surface area contributed by atoms with Gasteiger partial charge in [-0.3, -0.25) is 0 Å². The number of hydrogen-bond donors (Lipinski definition) is 1. The fourth-order valence-corrected chi connectivity index (χ4v) is 1.17. The van der Waals surface area contributed by atoms with Crippen LogP contribution in [-0.4, -0.2) is 14.6 Å². The second-order valence-corrected chi connectivity index (χ2v) is 4.07. The molecule has 0 saturated heterocycles. The van der Waals surface area contributed by atoms with Crippen molar-refractivity contribution in [2.24, 2.45) is 0 Å². The minimum atomic E-state index is 0.132. The second-order valence-electron chi connectivity index (χ2n) is 4.07. The predicted molar refractivity (Wildman–Crippen MR) is 48.2 cm³/mol. The molecule has 0 bridgehead atoms. The number of fused-ring (bicyclic) bond motifs is 1. The Morgan fingerprint density at radius 1 is 1.42 bits per heavy atom. The number of rotatable bonds is 0. The molecule has 0 radical (unpaired) electrons. The fourth-order valence-electron chi connectivity index (χ4n) is 1.17. The highest BCUT2D eigenvalue weighted by Crippen LogP contribution is 2.20. The highest BCUT2D eigenvalue weighted by molar-refractivity contribution is 5.39. The molecule has 0 atom stereocenters. The molecule has 2 heterocycles. The molecule has 0 aliphatic carbocycles. The van der Waals surface area contributed by atoms with E-state index in [0.29, 0.717) is 0 Å². The molecule has 0 aliphatic heterocycles. The van der Waals surface area contributed by atoms with Crippen LogP contribution in [0.4, 0.5) is 0 Å². The highest BCUT2D eigenvalue weighted by Gasteiger charge is 2.17. The van der Waals surface area contributed by atoms with Gasteiger partial charge >= 0.3 is 0 Å². The Bertz CT molecular complexity index is 360. The number of nitrogens with one attached hydrogen (secondary N) is 1. The lowest BCUT2D eigenvalue weighted by Crippen LogP contribution is -2.11. The van der Waals surface area contributed by atoms with Gasteiger partial charge in [-0.1, -0.05) is 20.8 Å². The quantitative estimate of drug-likeness (QED) is 0.632. The van der Waals surface area contributed by atoms with Crippen molar-refractivity contribution >= 4 is 5.65 Å². The number of nitrogens with zero attached hydrogens (tertiary/aromatic N) is 2. The summed E-state index contributed by atoms with van der Waals surface area (Å²) >= 11 is 0. The van der Waals surface area contributed by atoms with Crippen LogP contribution in [0.1, 0.15) is 26.5 Å². The third kappa shape index (κ3) is 1.02. The maximum absolute atomic E-state index is 4.48. The van der Waals surface area contributed by atoms with E-state index in [0.717, 1.165) is 11.3 Å². The maximum atomic E-state index is 4.48. The molecule has 0 amide bonds. The number of aromatic amines is 1. The van der Waals surface area contributed by atoms with Gasteiger partial charge in [0.2, 0.25) is 0 Å². The lowest BCUT2D eigenvalue weighted by molar-refractivity contribution is 0.572. The largest absolute Gasteiger partial charge is 0.300 e. The van der Waals surface area contributed by atoms with Crippen molar-refractivity contribution in [2.75, 3.05) is 0 Å². The minimum absolute atomic E-state index is 0.132. The molecule has 0 fully saturated rings. The zero-order chi connectivity index (χ0) is 8.77. The molecule has 2 aromatic heterocycles. The Balaban J connectivity index is 2.59. The van der Waals surface area contributed by atoms with Crippen molar-refractivity contribution in [1.29, 1.82) is 0 Å². The summed E-state index contributed by atoms with van der Waals surface area (Å²) in [6.07, 6.45) is 3.92. The summed E-state index contributed by atoms with van der Waals surface area (Å²) in [5.74, 6) is 0. The van der Waals surface area contributed by atoms with Gasteiger partial charge in [0, 0.05) is 17.7 Å². The zero-order valence-corrected chi connectivity index (χ0v) is 7.63. The number of aromatic nitrogens is 3. The summed E-state index contributed by atoms with van der Waals surface area (Å²) in [5, 5.41) is 3.07. The smallest absolute Gasteiger partial charge is 0.153 e. The summed E-state index contributed by atoms with van der Waals surface area (Å²) in [6, 6.07) is 1.97. The van der Waals surface area contributed by atoms with E-state index in [1.54, 1.807) is 0 Å². The van der Waals surface area contributed by atoms with E-state index in [2.05, 4.69) is 30.9 Å². The monoisotopic (exact) mass is 163 g/mol. The lowest BCUT2D eigenvalue weighted by Gasteiger charge is -2.13. The van der Waals surface area contributed by atoms with Gasteiger partial charge in [0.25, 0.3) is 0 Å². The first kappa shape index (κ1) is 7.40. The molecule has 1 N–H and O–H groups in total. The molecule has 2 rings (SSSR count). The molecule has 0 aliphatic rings. The molecule has 2 aromatic rings.